The molecular formula is C18H21N5S. The van der Waals surface area contributed by atoms with E-state index in [0.717, 1.165) is 21.3 Å². The molecule has 0 aliphatic heterocycles. The second-order valence-electron chi connectivity index (χ2n) is 6.40. The zero-order valence-electron chi connectivity index (χ0n) is 13.8. The predicted molar refractivity (Wildman–Crippen MR) is 98.7 cm³/mol. The molecule has 2 heterocycles. The van der Waals surface area contributed by atoms with Crippen LogP contribution < -0.4 is 10.5 Å². The van der Waals surface area contributed by atoms with Gasteiger partial charge >= 0.3 is 0 Å². The van der Waals surface area contributed by atoms with E-state index in [1.54, 1.807) is 11.3 Å². The minimum Gasteiger partial charge on any atom is -0.383 e. The maximum absolute atomic E-state index is 5.91. The fraction of sp³-hybridized carbons (Fsp3) is 0.389. The number of aryl methyl sites for hydroxylation is 1. The van der Waals surface area contributed by atoms with Gasteiger partial charge in [0.15, 0.2) is 4.80 Å². The molecule has 2 aromatic heterocycles. The smallest absolute Gasteiger partial charge is 0.185 e. The summed E-state index contributed by atoms with van der Waals surface area (Å²) in [5, 5.41) is 0.897. The fourth-order valence-corrected chi connectivity index (χ4v) is 4.33. The normalized spacial score (nSPS) is 16.8. The first-order chi connectivity index (χ1) is 11.7. The molecule has 1 aromatic carbocycles. The largest absolute Gasteiger partial charge is 0.383 e. The summed E-state index contributed by atoms with van der Waals surface area (Å²) in [6.07, 6.45) is 10.1. The van der Waals surface area contributed by atoms with Crippen molar-refractivity contribution in [2.45, 2.75) is 38.1 Å². The lowest BCUT2D eigenvalue weighted by molar-refractivity contribution is 0.435. The van der Waals surface area contributed by atoms with E-state index < -0.39 is 0 Å². The lowest BCUT2D eigenvalue weighted by Gasteiger charge is -2.16. The highest BCUT2D eigenvalue weighted by Gasteiger charge is 2.13. The second kappa shape index (κ2) is 6.36. The molecule has 2 N–H and O–H groups in total. The van der Waals surface area contributed by atoms with Gasteiger partial charge in [-0.3, -0.25) is 4.99 Å². The summed E-state index contributed by atoms with van der Waals surface area (Å²) in [5.41, 5.74) is 7.93. The number of rotatable bonds is 2. The predicted octanol–water partition coefficient (Wildman–Crippen LogP) is 3.51. The lowest BCUT2D eigenvalue weighted by Crippen LogP contribution is -2.17. The van der Waals surface area contributed by atoms with Crippen LogP contribution in [0.2, 0.25) is 0 Å². The van der Waals surface area contributed by atoms with Gasteiger partial charge in [-0.05, 0) is 30.5 Å². The third kappa shape index (κ3) is 2.94. The molecule has 0 saturated heterocycles. The third-order valence-corrected chi connectivity index (χ3v) is 5.77. The molecule has 0 atom stereocenters. The van der Waals surface area contributed by atoms with Gasteiger partial charge in [-0.1, -0.05) is 36.7 Å². The van der Waals surface area contributed by atoms with Crippen molar-refractivity contribution in [2.75, 3.05) is 5.73 Å². The average Bonchev–Trinajstić information content (AvgIpc) is 2.96. The molecule has 4 rings (SSSR count). The minimum atomic E-state index is 0.487. The van der Waals surface area contributed by atoms with Crippen LogP contribution in [0.25, 0.3) is 21.3 Å². The van der Waals surface area contributed by atoms with E-state index in [9.17, 15) is 0 Å². The van der Waals surface area contributed by atoms with E-state index >= 15 is 0 Å². The SMILES string of the molecule is Cn1cc(-c2ccc3c(N)ncnc3c2)sc1=NC1CCCCC1. The summed E-state index contributed by atoms with van der Waals surface area (Å²) in [6.45, 7) is 0. The van der Waals surface area contributed by atoms with E-state index in [0.29, 0.717) is 11.9 Å². The molecule has 3 aromatic rings. The van der Waals surface area contributed by atoms with Gasteiger partial charge in [0.2, 0.25) is 0 Å². The first-order valence-corrected chi connectivity index (χ1v) is 9.23. The van der Waals surface area contributed by atoms with E-state index in [2.05, 4.69) is 39.9 Å². The Hall–Kier alpha value is -2.21. The van der Waals surface area contributed by atoms with Crippen LogP contribution in [0.5, 0.6) is 0 Å². The van der Waals surface area contributed by atoms with Gasteiger partial charge in [0.1, 0.15) is 12.1 Å². The van der Waals surface area contributed by atoms with Crippen LogP contribution in [-0.2, 0) is 7.05 Å². The standard InChI is InChI=1S/C18H21N5S/c1-23-10-16(24-18(23)22-13-5-3-2-4-6-13)12-7-8-14-15(9-12)20-11-21-17(14)19/h7-11,13H,2-6H2,1H3,(H2,19,20,21). The van der Waals surface area contributed by atoms with Crippen LogP contribution in [0.3, 0.4) is 0 Å². The van der Waals surface area contributed by atoms with E-state index in [4.69, 9.17) is 10.7 Å². The number of thiazole rings is 1. The molecule has 6 heteroatoms. The van der Waals surface area contributed by atoms with Crippen molar-refractivity contribution in [1.29, 1.82) is 0 Å². The van der Waals surface area contributed by atoms with Crippen molar-refractivity contribution in [1.82, 2.24) is 14.5 Å². The number of nitrogen functional groups attached to an aromatic ring is 1. The van der Waals surface area contributed by atoms with Gasteiger partial charge in [0.25, 0.3) is 0 Å². The highest BCUT2D eigenvalue weighted by Crippen LogP contribution is 2.27. The molecule has 0 amide bonds. The number of fused-ring (bicyclic) bond motifs is 1. The molecule has 0 bridgehead atoms. The van der Waals surface area contributed by atoms with Gasteiger partial charge in [0.05, 0.1) is 16.4 Å². The van der Waals surface area contributed by atoms with E-state index in [-0.39, 0.29) is 0 Å². The molecule has 1 aliphatic rings. The Morgan fingerprint density at radius 2 is 2.04 bits per heavy atom. The summed E-state index contributed by atoms with van der Waals surface area (Å²) >= 11 is 1.74. The second-order valence-corrected chi connectivity index (χ2v) is 7.41. The van der Waals surface area contributed by atoms with Crippen molar-refractivity contribution >= 4 is 28.1 Å². The van der Waals surface area contributed by atoms with Crippen LogP contribution in [0.15, 0.2) is 35.7 Å². The summed E-state index contributed by atoms with van der Waals surface area (Å²) < 4.78 is 2.13. The quantitative estimate of drug-likeness (QED) is 0.777. The monoisotopic (exact) mass is 339 g/mol. The van der Waals surface area contributed by atoms with E-state index in [1.807, 2.05) is 6.07 Å². The average molecular weight is 339 g/mol. The molecule has 0 radical (unpaired) electrons. The van der Waals surface area contributed by atoms with Crippen molar-refractivity contribution in [2.24, 2.45) is 12.0 Å². The van der Waals surface area contributed by atoms with Crippen LogP contribution >= 0.6 is 11.3 Å². The van der Waals surface area contributed by atoms with Gasteiger partial charge in [0, 0.05) is 18.6 Å². The summed E-state index contributed by atoms with van der Waals surface area (Å²) in [6, 6.07) is 6.64. The number of aromatic nitrogens is 3. The van der Waals surface area contributed by atoms with Gasteiger partial charge in [-0.2, -0.15) is 0 Å². The topological polar surface area (TPSA) is 69.1 Å². The van der Waals surface area contributed by atoms with Crippen molar-refractivity contribution in [3.63, 3.8) is 0 Å². The Labute approximate surface area is 144 Å². The highest BCUT2D eigenvalue weighted by atomic mass is 32.1. The molecule has 5 nitrogen and oxygen atoms in total. The van der Waals surface area contributed by atoms with Crippen LogP contribution in [-0.4, -0.2) is 20.6 Å². The number of hydrogen-bond donors (Lipinski definition) is 1. The Bertz CT molecular complexity index is 934. The molecule has 0 unspecified atom stereocenters. The molecule has 0 spiro atoms. The van der Waals surface area contributed by atoms with Crippen LogP contribution in [0.4, 0.5) is 5.82 Å². The van der Waals surface area contributed by atoms with Crippen molar-refractivity contribution in [3.8, 4) is 10.4 Å². The number of benzene rings is 1. The minimum absolute atomic E-state index is 0.487. The Morgan fingerprint density at radius 3 is 2.88 bits per heavy atom. The summed E-state index contributed by atoms with van der Waals surface area (Å²) in [4.78, 5) is 15.7. The van der Waals surface area contributed by atoms with Crippen LogP contribution in [0, 0.1) is 0 Å². The molecule has 1 fully saturated rings. The molecule has 1 saturated carbocycles. The van der Waals surface area contributed by atoms with Crippen molar-refractivity contribution < 1.29 is 0 Å². The molecule has 1 aliphatic carbocycles. The van der Waals surface area contributed by atoms with Crippen molar-refractivity contribution in [3.05, 3.63) is 35.5 Å². The number of hydrogen-bond acceptors (Lipinski definition) is 5. The first kappa shape index (κ1) is 15.3. The number of nitrogens with zero attached hydrogens (tertiary/aromatic N) is 4. The third-order valence-electron chi connectivity index (χ3n) is 4.63. The molecule has 124 valence electrons. The fourth-order valence-electron chi connectivity index (χ4n) is 3.28. The number of anilines is 1. The number of nitrogens with two attached hydrogens (primary N) is 1. The highest BCUT2D eigenvalue weighted by molar-refractivity contribution is 7.12. The Morgan fingerprint density at radius 1 is 1.21 bits per heavy atom. The van der Waals surface area contributed by atoms with Gasteiger partial charge in [-0.25, -0.2) is 9.97 Å². The zero-order chi connectivity index (χ0) is 16.5. The molecule has 24 heavy (non-hydrogen) atoms. The maximum atomic E-state index is 5.91. The Kier molecular flexibility index (Phi) is 4.06. The maximum Gasteiger partial charge on any atom is 0.185 e. The lowest BCUT2D eigenvalue weighted by atomic mass is 9.96. The van der Waals surface area contributed by atoms with E-state index in [1.165, 1.54) is 43.3 Å². The van der Waals surface area contributed by atoms with Gasteiger partial charge in [-0.15, -0.1) is 0 Å². The molecular weight excluding hydrogens is 318 g/mol. The first-order valence-electron chi connectivity index (χ1n) is 8.41. The summed E-state index contributed by atoms with van der Waals surface area (Å²) in [5.74, 6) is 0.524. The summed E-state index contributed by atoms with van der Waals surface area (Å²) in [7, 11) is 2.07. The zero-order valence-corrected chi connectivity index (χ0v) is 14.6. The Balaban J connectivity index is 1.72. The van der Waals surface area contributed by atoms with Crippen LogP contribution in [0.1, 0.15) is 32.1 Å². The van der Waals surface area contributed by atoms with Gasteiger partial charge < -0.3 is 10.3 Å².